The highest BCUT2D eigenvalue weighted by atomic mass is 16.5. The minimum absolute atomic E-state index is 0.101. The first-order chi connectivity index (χ1) is 18.0. The second-order valence-corrected chi connectivity index (χ2v) is 9.24. The molecule has 2 amide bonds. The second-order valence-electron chi connectivity index (χ2n) is 9.24. The van der Waals surface area contributed by atoms with Gasteiger partial charge >= 0.3 is 5.97 Å². The first-order valence-electron chi connectivity index (χ1n) is 12.3. The number of nitrogens with one attached hydrogen (secondary N) is 1. The number of hydrogen-bond donors (Lipinski definition) is 1. The van der Waals surface area contributed by atoms with Gasteiger partial charge in [-0.25, -0.2) is 4.79 Å². The lowest BCUT2D eigenvalue weighted by Crippen LogP contribution is -2.36. The molecule has 8 heteroatoms. The van der Waals surface area contributed by atoms with E-state index in [1.54, 1.807) is 25.2 Å². The molecule has 2 aliphatic rings. The van der Waals surface area contributed by atoms with Gasteiger partial charge in [0.1, 0.15) is 6.10 Å². The van der Waals surface area contributed by atoms with E-state index >= 15 is 0 Å². The van der Waals surface area contributed by atoms with Crippen molar-refractivity contribution in [2.24, 2.45) is 0 Å². The number of nitrogens with zero attached hydrogens (tertiary/aromatic N) is 2. The molecule has 0 radical (unpaired) electrons. The van der Waals surface area contributed by atoms with Crippen LogP contribution in [-0.4, -0.2) is 62.6 Å². The number of rotatable bonds is 6. The van der Waals surface area contributed by atoms with Crippen LogP contribution in [0.15, 0.2) is 72.8 Å². The van der Waals surface area contributed by atoms with Gasteiger partial charge in [0.2, 0.25) is 5.91 Å². The summed E-state index contributed by atoms with van der Waals surface area (Å²) < 4.78 is 11.0. The summed E-state index contributed by atoms with van der Waals surface area (Å²) in [5, 5.41) is 2.85. The van der Waals surface area contributed by atoms with Crippen molar-refractivity contribution < 1.29 is 23.9 Å². The fraction of sp³-hybridized carbons (Fsp3) is 0.276. The van der Waals surface area contributed by atoms with Crippen molar-refractivity contribution in [2.45, 2.75) is 12.5 Å². The Balaban J connectivity index is 1.21. The molecule has 0 unspecified atom stereocenters. The van der Waals surface area contributed by atoms with E-state index in [0.29, 0.717) is 36.4 Å². The highest BCUT2D eigenvalue weighted by Crippen LogP contribution is 2.31. The quantitative estimate of drug-likeness (QED) is 0.521. The van der Waals surface area contributed by atoms with Gasteiger partial charge in [-0.15, -0.1) is 0 Å². The predicted octanol–water partition coefficient (Wildman–Crippen LogP) is 3.69. The normalized spacial score (nSPS) is 16.9. The van der Waals surface area contributed by atoms with Crippen LogP contribution in [0, 0.1) is 0 Å². The molecule has 37 heavy (non-hydrogen) atoms. The molecule has 5 rings (SSSR count). The van der Waals surface area contributed by atoms with Crippen molar-refractivity contribution in [1.82, 2.24) is 4.90 Å². The average molecular weight is 500 g/mol. The van der Waals surface area contributed by atoms with Crippen LogP contribution in [0.2, 0.25) is 0 Å². The molecule has 0 aromatic heterocycles. The van der Waals surface area contributed by atoms with Gasteiger partial charge in [0, 0.05) is 43.5 Å². The number of ether oxygens (including phenoxy) is 2. The Bertz CT molecular complexity index is 1290. The first-order valence-corrected chi connectivity index (χ1v) is 12.3. The van der Waals surface area contributed by atoms with E-state index in [9.17, 15) is 14.4 Å². The molecule has 0 spiro atoms. The maximum absolute atomic E-state index is 13.1. The molecule has 0 saturated carbocycles. The van der Waals surface area contributed by atoms with Crippen molar-refractivity contribution >= 4 is 29.2 Å². The number of morpholine rings is 1. The zero-order chi connectivity index (χ0) is 25.8. The molecular weight excluding hydrogens is 470 g/mol. The van der Waals surface area contributed by atoms with E-state index in [1.807, 2.05) is 54.6 Å². The van der Waals surface area contributed by atoms with Gasteiger partial charge in [0.25, 0.3) is 5.91 Å². The molecule has 2 aliphatic heterocycles. The number of amides is 2. The number of benzene rings is 3. The van der Waals surface area contributed by atoms with E-state index in [4.69, 9.17) is 9.47 Å². The third-order valence-corrected chi connectivity index (χ3v) is 6.65. The number of hydrogen-bond acceptors (Lipinski definition) is 6. The molecule has 1 atom stereocenters. The van der Waals surface area contributed by atoms with Crippen molar-refractivity contribution in [3.05, 3.63) is 95.1 Å². The Morgan fingerprint density at radius 1 is 1.00 bits per heavy atom. The van der Waals surface area contributed by atoms with Crippen LogP contribution in [0.1, 0.15) is 37.9 Å². The molecule has 2 heterocycles. The number of fused-ring (bicyclic) bond motifs is 1. The summed E-state index contributed by atoms with van der Waals surface area (Å²) in [6.07, 6.45) is 0.0846. The summed E-state index contributed by atoms with van der Waals surface area (Å²) in [6, 6.07) is 22.1. The molecule has 3 aromatic rings. The smallest absolute Gasteiger partial charge is 0.339 e. The molecule has 0 aliphatic carbocycles. The highest BCUT2D eigenvalue weighted by Gasteiger charge is 2.28. The summed E-state index contributed by atoms with van der Waals surface area (Å²) in [7, 11) is 1.59. The van der Waals surface area contributed by atoms with Crippen LogP contribution in [0.4, 0.5) is 11.4 Å². The van der Waals surface area contributed by atoms with Gasteiger partial charge < -0.3 is 24.6 Å². The lowest BCUT2D eigenvalue weighted by molar-refractivity contribution is -0.116. The number of anilines is 2. The maximum atomic E-state index is 13.1. The first kappa shape index (κ1) is 24.5. The predicted molar refractivity (Wildman–Crippen MR) is 140 cm³/mol. The van der Waals surface area contributed by atoms with Gasteiger partial charge in [0.15, 0.2) is 0 Å². The van der Waals surface area contributed by atoms with E-state index in [0.717, 1.165) is 29.9 Å². The van der Waals surface area contributed by atoms with Crippen LogP contribution < -0.4 is 10.2 Å². The summed E-state index contributed by atoms with van der Waals surface area (Å²) in [5.41, 5.74) is 4.30. The van der Waals surface area contributed by atoms with Crippen molar-refractivity contribution in [3.8, 4) is 0 Å². The monoisotopic (exact) mass is 499 g/mol. The Morgan fingerprint density at radius 2 is 1.73 bits per heavy atom. The lowest BCUT2D eigenvalue weighted by atomic mass is 9.93. The lowest BCUT2D eigenvalue weighted by Gasteiger charge is -2.29. The van der Waals surface area contributed by atoms with Crippen LogP contribution in [0.25, 0.3) is 0 Å². The van der Waals surface area contributed by atoms with Crippen LogP contribution >= 0.6 is 0 Å². The molecule has 3 aromatic carbocycles. The van der Waals surface area contributed by atoms with Crippen molar-refractivity contribution in [1.29, 1.82) is 0 Å². The number of cyclic esters (lactones) is 1. The molecule has 8 nitrogen and oxygen atoms in total. The topological polar surface area (TPSA) is 88.2 Å². The minimum Gasteiger partial charge on any atom is -0.454 e. The standard InChI is InChI=1S/C29H29N3O5/c1-31(19-27(33)30-23-8-10-24(11-9-23)32-13-15-36-16-14-32)28(34)21-7-12-25-22(17-21)18-26(37-29(25)35)20-5-3-2-4-6-20/h2-12,17,26H,13-16,18-19H2,1H3,(H,30,33)/t26-/m1/s1. The zero-order valence-electron chi connectivity index (χ0n) is 20.7. The fourth-order valence-corrected chi connectivity index (χ4v) is 4.67. The summed E-state index contributed by atoms with van der Waals surface area (Å²) in [4.78, 5) is 41.9. The summed E-state index contributed by atoms with van der Waals surface area (Å²) in [5.74, 6) is -0.988. The Kier molecular flexibility index (Phi) is 7.18. The van der Waals surface area contributed by atoms with Gasteiger partial charge in [-0.1, -0.05) is 30.3 Å². The Labute approximate surface area is 215 Å². The van der Waals surface area contributed by atoms with E-state index in [1.165, 1.54) is 4.90 Å². The third-order valence-electron chi connectivity index (χ3n) is 6.65. The van der Waals surface area contributed by atoms with Crippen molar-refractivity contribution in [2.75, 3.05) is 50.1 Å². The van der Waals surface area contributed by atoms with Crippen LogP contribution in [0.5, 0.6) is 0 Å². The number of esters is 1. The number of carbonyl (C=O) groups is 3. The molecule has 1 N–H and O–H groups in total. The van der Waals surface area contributed by atoms with Gasteiger partial charge in [0.05, 0.1) is 25.3 Å². The number of carbonyl (C=O) groups excluding carboxylic acids is 3. The van der Waals surface area contributed by atoms with Gasteiger partial charge in [-0.2, -0.15) is 0 Å². The maximum Gasteiger partial charge on any atom is 0.339 e. The van der Waals surface area contributed by atoms with Gasteiger partial charge in [-0.3, -0.25) is 9.59 Å². The molecule has 1 saturated heterocycles. The van der Waals surface area contributed by atoms with Crippen LogP contribution in [0.3, 0.4) is 0 Å². The third kappa shape index (κ3) is 5.65. The Morgan fingerprint density at radius 3 is 2.46 bits per heavy atom. The molecular formula is C29H29N3O5. The van der Waals surface area contributed by atoms with Crippen molar-refractivity contribution in [3.63, 3.8) is 0 Å². The zero-order valence-corrected chi connectivity index (χ0v) is 20.7. The second kappa shape index (κ2) is 10.8. The largest absolute Gasteiger partial charge is 0.454 e. The molecule has 1 fully saturated rings. The van der Waals surface area contributed by atoms with E-state index < -0.39 is 12.1 Å². The van der Waals surface area contributed by atoms with E-state index in [2.05, 4.69) is 10.2 Å². The minimum atomic E-state index is -0.401. The molecule has 190 valence electrons. The van der Waals surface area contributed by atoms with Gasteiger partial charge in [-0.05, 0) is 53.6 Å². The summed E-state index contributed by atoms with van der Waals surface area (Å²) in [6.45, 7) is 3.00. The number of likely N-dealkylation sites (N-methyl/N-ethyl adjacent to an activating group) is 1. The highest BCUT2D eigenvalue weighted by molar-refractivity contribution is 6.00. The fourth-order valence-electron chi connectivity index (χ4n) is 4.67. The SMILES string of the molecule is CN(CC(=O)Nc1ccc(N2CCOCC2)cc1)C(=O)c1ccc2c(c1)C[C@H](c1ccccc1)OC2=O. The molecule has 0 bridgehead atoms. The summed E-state index contributed by atoms with van der Waals surface area (Å²) >= 11 is 0. The van der Waals surface area contributed by atoms with E-state index in [-0.39, 0.29) is 18.4 Å². The van der Waals surface area contributed by atoms with Crippen LogP contribution in [-0.2, 0) is 20.7 Å². The Hall–Kier alpha value is -4.17. The average Bonchev–Trinajstić information content (AvgIpc) is 2.93.